The summed E-state index contributed by atoms with van der Waals surface area (Å²) in [7, 11) is 0. The van der Waals surface area contributed by atoms with E-state index in [9.17, 15) is 0 Å². The van der Waals surface area contributed by atoms with E-state index in [2.05, 4.69) is 6.07 Å². The molecule has 2 heteroatoms. The first-order valence-electron chi connectivity index (χ1n) is 2.27. The van der Waals surface area contributed by atoms with Crippen molar-refractivity contribution in [2.75, 3.05) is 6.26 Å². The maximum atomic E-state index is 8.26. The fourth-order valence-corrected chi connectivity index (χ4v) is 0.749. The zero-order valence-corrected chi connectivity index (χ0v) is 5.46. The molecule has 0 saturated carbocycles. The molecule has 7 heavy (non-hydrogen) atoms. The Hall–Kier alpha value is -0.160. The van der Waals surface area contributed by atoms with Crippen LogP contribution < -0.4 is 0 Å². The lowest BCUT2D eigenvalue weighted by Gasteiger charge is -1.95. The van der Waals surface area contributed by atoms with Gasteiger partial charge in [-0.15, -0.1) is 11.8 Å². The van der Waals surface area contributed by atoms with Gasteiger partial charge < -0.3 is 0 Å². The van der Waals surface area contributed by atoms with Crippen molar-refractivity contribution in [2.45, 2.75) is 18.6 Å². The molecule has 0 aromatic heterocycles. The molecule has 0 N–H and O–H groups in total. The number of thioether (sulfide) groups is 1. The number of nitriles is 1. The van der Waals surface area contributed by atoms with E-state index in [-0.39, 0.29) is 5.25 Å². The van der Waals surface area contributed by atoms with Crippen LogP contribution in [-0.2, 0) is 0 Å². The lowest BCUT2D eigenvalue weighted by molar-refractivity contribution is 0.988. The highest BCUT2D eigenvalue weighted by atomic mass is 32.2. The molecule has 0 aromatic rings. The van der Waals surface area contributed by atoms with Gasteiger partial charge in [-0.25, -0.2) is 0 Å². The van der Waals surface area contributed by atoms with Gasteiger partial charge in [-0.2, -0.15) is 5.26 Å². The fraction of sp³-hybridized carbons (Fsp3) is 0.800. The molecule has 0 rings (SSSR count). The second-order valence-electron chi connectivity index (χ2n) is 1.26. The van der Waals surface area contributed by atoms with Crippen LogP contribution in [0.25, 0.3) is 0 Å². The van der Waals surface area contributed by atoms with Crippen molar-refractivity contribution in [2.24, 2.45) is 0 Å². The quantitative estimate of drug-likeness (QED) is 0.546. The highest BCUT2D eigenvalue weighted by Gasteiger charge is 1.96. The Morgan fingerprint density at radius 2 is 2.43 bits per heavy atom. The third-order valence-electron chi connectivity index (χ3n) is 0.799. The molecule has 0 bridgehead atoms. The van der Waals surface area contributed by atoms with Crippen LogP contribution in [0.15, 0.2) is 0 Å². The predicted molar refractivity (Wildman–Crippen MR) is 33.2 cm³/mol. The molecule has 0 radical (unpaired) electrons. The van der Waals surface area contributed by atoms with Gasteiger partial charge in [-0.1, -0.05) is 6.92 Å². The molecule has 1 nitrogen and oxygen atoms in total. The van der Waals surface area contributed by atoms with Crippen LogP contribution in [-0.4, -0.2) is 11.5 Å². The van der Waals surface area contributed by atoms with E-state index < -0.39 is 0 Å². The molecule has 40 valence electrons. The van der Waals surface area contributed by atoms with E-state index in [0.717, 1.165) is 6.42 Å². The fourth-order valence-electron chi connectivity index (χ4n) is 0.311. The summed E-state index contributed by atoms with van der Waals surface area (Å²) < 4.78 is 0. The van der Waals surface area contributed by atoms with Gasteiger partial charge in [0.2, 0.25) is 0 Å². The summed E-state index contributed by atoms with van der Waals surface area (Å²) in [6.07, 6.45) is 2.91. The third kappa shape index (κ3) is 2.52. The van der Waals surface area contributed by atoms with E-state index >= 15 is 0 Å². The molecule has 0 saturated heterocycles. The van der Waals surface area contributed by atoms with Crippen molar-refractivity contribution in [3.05, 3.63) is 0 Å². The van der Waals surface area contributed by atoms with Crippen LogP contribution in [0, 0.1) is 11.3 Å². The standard InChI is InChI=1S/C5H9NS/c1-3-5(4-6)7-2/h5H,3H2,1-2H3. The number of hydrogen-bond donors (Lipinski definition) is 0. The minimum atomic E-state index is 0.208. The van der Waals surface area contributed by atoms with Crippen molar-refractivity contribution in [1.82, 2.24) is 0 Å². The minimum absolute atomic E-state index is 0.208. The summed E-state index contributed by atoms with van der Waals surface area (Å²) in [5, 5.41) is 8.46. The van der Waals surface area contributed by atoms with Gasteiger partial charge in [0.05, 0.1) is 11.3 Å². The van der Waals surface area contributed by atoms with Gasteiger partial charge in [0.25, 0.3) is 0 Å². The Kier molecular flexibility index (Phi) is 3.92. The lowest BCUT2D eigenvalue weighted by Crippen LogP contribution is -1.92. The van der Waals surface area contributed by atoms with Crippen LogP contribution in [0.2, 0.25) is 0 Å². The van der Waals surface area contributed by atoms with Crippen molar-refractivity contribution in [3.63, 3.8) is 0 Å². The first-order chi connectivity index (χ1) is 3.35. The average Bonchev–Trinajstić information content (AvgIpc) is 1.72. The van der Waals surface area contributed by atoms with E-state index in [4.69, 9.17) is 5.26 Å². The molecule has 1 atom stereocenters. The summed E-state index contributed by atoms with van der Waals surface area (Å²) in [4.78, 5) is 0. The van der Waals surface area contributed by atoms with Crippen LogP contribution >= 0.6 is 11.8 Å². The number of rotatable bonds is 2. The Morgan fingerprint density at radius 3 is 2.43 bits per heavy atom. The predicted octanol–water partition coefficient (Wildman–Crippen LogP) is 1.65. The van der Waals surface area contributed by atoms with Crippen LogP contribution in [0.5, 0.6) is 0 Å². The third-order valence-corrected chi connectivity index (χ3v) is 1.81. The second kappa shape index (κ2) is 4.01. The minimum Gasteiger partial charge on any atom is -0.197 e. The summed E-state index contributed by atoms with van der Waals surface area (Å²) in [6, 6.07) is 2.16. The van der Waals surface area contributed by atoms with Gasteiger partial charge in [0.15, 0.2) is 0 Å². The topological polar surface area (TPSA) is 23.8 Å². The normalized spacial score (nSPS) is 12.7. The Bertz CT molecular complexity index is 70.6. The first kappa shape index (κ1) is 6.84. The molecule has 1 unspecified atom stereocenters. The molecular weight excluding hydrogens is 106 g/mol. The zero-order chi connectivity index (χ0) is 5.70. The maximum absolute atomic E-state index is 8.26. The number of hydrogen-bond acceptors (Lipinski definition) is 2. The van der Waals surface area contributed by atoms with Gasteiger partial charge >= 0.3 is 0 Å². The Labute approximate surface area is 48.7 Å². The van der Waals surface area contributed by atoms with E-state index in [1.807, 2.05) is 13.2 Å². The second-order valence-corrected chi connectivity index (χ2v) is 2.30. The van der Waals surface area contributed by atoms with Gasteiger partial charge in [-0.05, 0) is 12.7 Å². The van der Waals surface area contributed by atoms with Gasteiger partial charge in [-0.3, -0.25) is 0 Å². The largest absolute Gasteiger partial charge is 0.197 e. The SMILES string of the molecule is CCC(C#N)SC. The van der Waals surface area contributed by atoms with Crippen molar-refractivity contribution >= 4 is 11.8 Å². The first-order valence-corrected chi connectivity index (χ1v) is 3.56. The molecule has 0 spiro atoms. The van der Waals surface area contributed by atoms with Crippen molar-refractivity contribution in [1.29, 1.82) is 5.26 Å². The molecule has 0 aromatic carbocycles. The summed E-state index contributed by atoms with van der Waals surface area (Å²) in [5.41, 5.74) is 0. The highest BCUT2D eigenvalue weighted by Crippen LogP contribution is 2.07. The molecule has 0 aliphatic carbocycles. The summed E-state index contributed by atoms with van der Waals surface area (Å²) >= 11 is 1.61. The monoisotopic (exact) mass is 115 g/mol. The Balaban J connectivity index is 3.23. The van der Waals surface area contributed by atoms with Gasteiger partial charge in [0, 0.05) is 0 Å². The molecule has 0 heterocycles. The molecular formula is C5H9NS. The molecule has 0 amide bonds. The Morgan fingerprint density at radius 1 is 1.86 bits per heavy atom. The van der Waals surface area contributed by atoms with Crippen LogP contribution in [0.3, 0.4) is 0 Å². The highest BCUT2D eigenvalue weighted by molar-refractivity contribution is 7.99. The summed E-state index contributed by atoms with van der Waals surface area (Å²) in [6.45, 7) is 2.02. The molecule has 0 fully saturated rings. The maximum Gasteiger partial charge on any atom is 0.0911 e. The van der Waals surface area contributed by atoms with Crippen LogP contribution in [0.1, 0.15) is 13.3 Å². The molecule has 0 aliphatic rings. The number of nitrogens with zero attached hydrogens (tertiary/aromatic N) is 1. The smallest absolute Gasteiger partial charge is 0.0911 e. The summed E-state index contributed by atoms with van der Waals surface area (Å²) in [5.74, 6) is 0. The average molecular weight is 115 g/mol. The van der Waals surface area contributed by atoms with Crippen molar-refractivity contribution in [3.8, 4) is 6.07 Å². The van der Waals surface area contributed by atoms with E-state index in [0.29, 0.717) is 0 Å². The molecule has 0 aliphatic heterocycles. The van der Waals surface area contributed by atoms with E-state index in [1.165, 1.54) is 0 Å². The van der Waals surface area contributed by atoms with Crippen LogP contribution in [0.4, 0.5) is 0 Å². The van der Waals surface area contributed by atoms with Crippen molar-refractivity contribution < 1.29 is 0 Å². The van der Waals surface area contributed by atoms with E-state index in [1.54, 1.807) is 11.8 Å². The van der Waals surface area contributed by atoms with Gasteiger partial charge in [0.1, 0.15) is 0 Å². The lowest BCUT2D eigenvalue weighted by atomic mass is 10.4. The zero-order valence-electron chi connectivity index (χ0n) is 4.64.